The molecular formula is C10H15ClN2O2. The average molecular weight is 231 g/mol. The number of carbonyl (C=O) groups excluding carboxylic acids is 1. The van der Waals surface area contributed by atoms with Crippen molar-refractivity contribution in [2.45, 2.75) is 12.1 Å². The predicted molar refractivity (Wildman–Crippen MR) is 60.6 cm³/mol. The number of halogens is 1. The van der Waals surface area contributed by atoms with Crippen molar-refractivity contribution in [2.75, 3.05) is 26.1 Å². The number of ether oxygens (including phenoxy) is 1. The van der Waals surface area contributed by atoms with Gasteiger partial charge in [-0.05, 0) is 0 Å². The third-order valence-electron chi connectivity index (χ3n) is 2.27. The van der Waals surface area contributed by atoms with Crippen LogP contribution in [0.4, 0.5) is 0 Å². The second-order valence-corrected chi connectivity index (χ2v) is 3.55. The third kappa shape index (κ3) is 2.58. The van der Waals surface area contributed by atoms with E-state index in [9.17, 15) is 4.79 Å². The Morgan fingerprint density at radius 2 is 2.47 bits per heavy atom. The molecule has 15 heavy (non-hydrogen) atoms. The first-order valence-corrected chi connectivity index (χ1v) is 5.29. The van der Waals surface area contributed by atoms with E-state index in [1.54, 1.807) is 17.2 Å². The molecule has 1 fully saturated rings. The van der Waals surface area contributed by atoms with Gasteiger partial charge >= 0.3 is 0 Å². The third-order valence-corrected chi connectivity index (χ3v) is 2.44. The van der Waals surface area contributed by atoms with E-state index in [1.807, 2.05) is 0 Å². The van der Waals surface area contributed by atoms with E-state index in [-0.39, 0.29) is 11.9 Å². The molecule has 0 saturated carbocycles. The first-order chi connectivity index (χ1) is 7.26. The molecule has 84 valence electrons. The Kier molecular flexibility index (Phi) is 4.78. The molecule has 0 unspecified atom stereocenters. The second-order valence-electron chi connectivity index (χ2n) is 3.17. The largest absolute Gasteiger partial charge is 0.369 e. The molecule has 1 heterocycles. The Balaban J connectivity index is 2.57. The van der Waals surface area contributed by atoms with Gasteiger partial charge in [0.25, 0.3) is 5.91 Å². The number of carbonyl (C=O) groups is 1. The molecule has 4 nitrogen and oxygen atoms in total. The van der Waals surface area contributed by atoms with Gasteiger partial charge in [0.2, 0.25) is 0 Å². The van der Waals surface area contributed by atoms with E-state index in [0.717, 1.165) is 0 Å². The van der Waals surface area contributed by atoms with Crippen LogP contribution in [0.3, 0.4) is 0 Å². The van der Waals surface area contributed by atoms with Gasteiger partial charge in [-0.2, -0.15) is 0 Å². The van der Waals surface area contributed by atoms with Crippen molar-refractivity contribution in [1.29, 1.82) is 0 Å². The maximum atomic E-state index is 11.5. The summed E-state index contributed by atoms with van der Waals surface area (Å²) in [6.07, 6.45) is 3.02. The van der Waals surface area contributed by atoms with E-state index in [1.165, 1.54) is 7.11 Å². The minimum Gasteiger partial charge on any atom is -0.369 e. The van der Waals surface area contributed by atoms with Crippen LogP contribution in [0.15, 0.2) is 17.6 Å². The van der Waals surface area contributed by atoms with Gasteiger partial charge in [-0.15, -0.1) is 18.2 Å². The zero-order valence-corrected chi connectivity index (χ0v) is 9.48. The highest BCUT2D eigenvalue weighted by Crippen LogP contribution is 2.21. The first-order valence-electron chi connectivity index (χ1n) is 4.76. The lowest BCUT2D eigenvalue weighted by molar-refractivity contribution is -0.163. The van der Waals surface area contributed by atoms with Gasteiger partial charge < -0.3 is 9.64 Å². The number of methoxy groups -OCH3 is 1. The van der Waals surface area contributed by atoms with Gasteiger partial charge in [-0.1, -0.05) is 6.08 Å². The fourth-order valence-electron chi connectivity index (χ4n) is 1.53. The van der Waals surface area contributed by atoms with E-state index in [0.29, 0.717) is 19.0 Å². The van der Waals surface area contributed by atoms with Crippen molar-refractivity contribution in [1.82, 2.24) is 4.90 Å². The molecule has 0 radical (unpaired) electrons. The normalized spacial score (nSPS) is 25.7. The van der Waals surface area contributed by atoms with Crippen molar-refractivity contribution >= 4 is 23.7 Å². The van der Waals surface area contributed by atoms with Crippen molar-refractivity contribution in [3.05, 3.63) is 12.7 Å². The molecule has 0 aromatic carbocycles. The zero-order valence-electron chi connectivity index (χ0n) is 8.73. The van der Waals surface area contributed by atoms with E-state index >= 15 is 0 Å². The molecule has 0 aromatic rings. The molecule has 1 amide bonds. The van der Waals surface area contributed by atoms with Crippen molar-refractivity contribution in [3.63, 3.8) is 0 Å². The summed E-state index contributed by atoms with van der Waals surface area (Å²) in [4.78, 5) is 17.3. The van der Waals surface area contributed by atoms with Crippen LogP contribution < -0.4 is 0 Å². The molecule has 1 aliphatic rings. The lowest BCUT2D eigenvalue weighted by Gasteiger charge is -2.43. The molecule has 0 aliphatic carbocycles. The van der Waals surface area contributed by atoms with Crippen LogP contribution in [-0.2, 0) is 9.53 Å². The fourth-order valence-corrected chi connectivity index (χ4v) is 1.71. The zero-order chi connectivity index (χ0) is 11.3. The van der Waals surface area contributed by atoms with E-state index < -0.39 is 6.10 Å². The summed E-state index contributed by atoms with van der Waals surface area (Å²) in [6, 6.07) is -0.0822. The Morgan fingerprint density at radius 3 is 3.00 bits per heavy atom. The summed E-state index contributed by atoms with van der Waals surface area (Å²) < 4.78 is 5.07. The highest BCUT2D eigenvalue weighted by atomic mass is 35.5. The molecule has 1 rings (SSSR count). The summed E-state index contributed by atoms with van der Waals surface area (Å²) in [5.74, 6) is 0.404. The van der Waals surface area contributed by atoms with Crippen LogP contribution in [0.25, 0.3) is 0 Å². The molecule has 0 bridgehead atoms. The molecule has 0 aromatic heterocycles. The minimum atomic E-state index is -0.401. The number of hydrogen-bond acceptors (Lipinski definition) is 3. The molecule has 2 atom stereocenters. The topological polar surface area (TPSA) is 41.9 Å². The first kappa shape index (κ1) is 12.2. The molecule has 0 spiro atoms. The van der Waals surface area contributed by atoms with E-state index in [4.69, 9.17) is 16.3 Å². The standard InChI is InChI=1S/C10H15ClN2O2/c1-3-5-12-7-8-9(15-2)10(14)13(8)6-4-11/h3,7-9H,1,4-6H2,2H3/t8-,9+/m0/s1. The Labute approximate surface area is 94.6 Å². The van der Waals surface area contributed by atoms with Gasteiger partial charge in [0.1, 0.15) is 6.04 Å². The molecular weight excluding hydrogens is 216 g/mol. The number of amides is 1. The van der Waals surface area contributed by atoms with Crippen LogP contribution in [0.1, 0.15) is 0 Å². The molecule has 1 saturated heterocycles. The molecule has 0 N–H and O–H groups in total. The minimum absolute atomic E-state index is 0.0202. The van der Waals surface area contributed by atoms with Crippen LogP contribution in [0.5, 0.6) is 0 Å². The maximum Gasteiger partial charge on any atom is 0.254 e. The average Bonchev–Trinajstić information content (AvgIpc) is 2.25. The fraction of sp³-hybridized carbons (Fsp3) is 0.600. The number of alkyl halides is 1. The summed E-state index contributed by atoms with van der Waals surface area (Å²) in [7, 11) is 1.52. The smallest absolute Gasteiger partial charge is 0.254 e. The van der Waals surface area contributed by atoms with Crippen LogP contribution in [0.2, 0.25) is 0 Å². The van der Waals surface area contributed by atoms with Crippen LogP contribution in [0, 0.1) is 0 Å². The summed E-state index contributed by atoms with van der Waals surface area (Å²) in [5, 5.41) is 0. The summed E-state index contributed by atoms with van der Waals surface area (Å²) >= 11 is 5.60. The number of aliphatic imine (C=N–C) groups is 1. The Hall–Kier alpha value is -0.870. The van der Waals surface area contributed by atoms with Gasteiger partial charge in [0.05, 0.1) is 6.54 Å². The molecule has 1 aliphatic heterocycles. The Morgan fingerprint density at radius 1 is 1.73 bits per heavy atom. The summed E-state index contributed by atoms with van der Waals surface area (Å²) in [5.41, 5.74) is 0. The number of likely N-dealkylation sites (tertiary alicyclic amines) is 1. The Bertz CT molecular complexity index is 268. The second kappa shape index (κ2) is 5.88. The highest BCUT2D eigenvalue weighted by molar-refractivity contribution is 6.18. The van der Waals surface area contributed by atoms with E-state index in [2.05, 4.69) is 11.6 Å². The van der Waals surface area contributed by atoms with Crippen LogP contribution >= 0.6 is 11.6 Å². The van der Waals surface area contributed by atoms with Gasteiger partial charge in [0, 0.05) is 25.7 Å². The highest BCUT2D eigenvalue weighted by Gasteiger charge is 2.46. The summed E-state index contributed by atoms with van der Waals surface area (Å²) in [6.45, 7) is 4.65. The van der Waals surface area contributed by atoms with Crippen LogP contribution in [-0.4, -0.2) is 55.2 Å². The maximum absolute atomic E-state index is 11.5. The van der Waals surface area contributed by atoms with Gasteiger partial charge in [-0.25, -0.2) is 0 Å². The predicted octanol–water partition coefficient (Wildman–Crippen LogP) is 0.708. The lowest BCUT2D eigenvalue weighted by Crippen LogP contribution is -2.66. The van der Waals surface area contributed by atoms with Gasteiger partial charge in [-0.3, -0.25) is 9.79 Å². The van der Waals surface area contributed by atoms with Gasteiger partial charge in [0.15, 0.2) is 6.10 Å². The monoisotopic (exact) mass is 230 g/mol. The van der Waals surface area contributed by atoms with Crippen molar-refractivity contribution < 1.29 is 9.53 Å². The SMILES string of the molecule is C=CCN=C[C@H]1[C@@H](OC)C(=O)N1CCCl. The van der Waals surface area contributed by atoms with Crippen molar-refractivity contribution in [3.8, 4) is 0 Å². The number of rotatable bonds is 6. The van der Waals surface area contributed by atoms with Crippen molar-refractivity contribution in [2.24, 2.45) is 4.99 Å². The number of nitrogens with zero attached hydrogens (tertiary/aromatic N) is 2. The molecule has 5 heteroatoms. The number of β-lactam (4-membered cyclic amide) rings is 1. The lowest BCUT2D eigenvalue weighted by atomic mass is 9.99. The quantitative estimate of drug-likeness (QED) is 0.292. The number of hydrogen-bond donors (Lipinski definition) is 0.